The number of nitrogens with zero attached hydrogens (tertiary/aromatic N) is 2. The van der Waals surface area contributed by atoms with Crippen LogP contribution in [0, 0.1) is 23.2 Å². The lowest BCUT2D eigenvalue weighted by molar-refractivity contribution is 0.202. The van der Waals surface area contributed by atoms with E-state index >= 15 is 0 Å². The molecule has 0 spiro atoms. The van der Waals surface area contributed by atoms with Crippen LogP contribution in [0.2, 0.25) is 0 Å². The quantitative estimate of drug-likeness (QED) is 0.785. The van der Waals surface area contributed by atoms with Gasteiger partial charge in [0.05, 0.1) is 6.07 Å². The Labute approximate surface area is 112 Å². The standard InChI is InChI=1S/C15H27N3/c1-12(13-6-7-13)18(3)10-8-14-5-4-9-15(14,11-16)17-2/h12-14,17H,4-10H2,1-3H3. The topological polar surface area (TPSA) is 39.1 Å². The molecule has 2 aliphatic rings. The molecule has 102 valence electrons. The van der Waals surface area contributed by atoms with Gasteiger partial charge in [-0.15, -0.1) is 0 Å². The van der Waals surface area contributed by atoms with Gasteiger partial charge in [-0.2, -0.15) is 5.26 Å². The summed E-state index contributed by atoms with van der Waals surface area (Å²) in [6.45, 7) is 3.48. The highest BCUT2D eigenvalue weighted by atomic mass is 15.1. The molecule has 1 N–H and O–H groups in total. The van der Waals surface area contributed by atoms with Gasteiger partial charge in [-0.1, -0.05) is 6.42 Å². The number of nitrogens with one attached hydrogen (secondary N) is 1. The molecule has 3 heteroatoms. The highest BCUT2D eigenvalue weighted by molar-refractivity contribution is 5.13. The van der Waals surface area contributed by atoms with Crippen molar-refractivity contribution in [3.05, 3.63) is 0 Å². The normalized spacial score (nSPS) is 33.6. The minimum atomic E-state index is -0.246. The Morgan fingerprint density at radius 2 is 2.17 bits per heavy atom. The Morgan fingerprint density at radius 3 is 2.72 bits per heavy atom. The summed E-state index contributed by atoms with van der Waals surface area (Å²) >= 11 is 0. The average molecular weight is 249 g/mol. The van der Waals surface area contributed by atoms with Crippen LogP contribution in [-0.2, 0) is 0 Å². The molecule has 0 saturated heterocycles. The summed E-state index contributed by atoms with van der Waals surface area (Å²) in [5.41, 5.74) is -0.246. The first-order chi connectivity index (χ1) is 8.63. The second kappa shape index (κ2) is 5.59. The molecular weight excluding hydrogens is 222 g/mol. The molecule has 0 aromatic rings. The molecule has 0 amide bonds. The Morgan fingerprint density at radius 1 is 1.44 bits per heavy atom. The van der Waals surface area contributed by atoms with Crippen molar-refractivity contribution in [3.8, 4) is 6.07 Å². The SMILES string of the molecule is CNC1(C#N)CCCC1CCN(C)C(C)C1CC1. The summed E-state index contributed by atoms with van der Waals surface area (Å²) in [5.74, 6) is 1.46. The molecule has 3 unspecified atom stereocenters. The minimum Gasteiger partial charge on any atom is -0.303 e. The summed E-state index contributed by atoms with van der Waals surface area (Å²) in [5, 5.41) is 12.7. The predicted molar refractivity (Wildman–Crippen MR) is 74.2 cm³/mol. The van der Waals surface area contributed by atoms with Crippen LogP contribution in [-0.4, -0.2) is 37.1 Å². The van der Waals surface area contributed by atoms with E-state index in [4.69, 9.17) is 0 Å². The fraction of sp³-hybridized carbons (Fsp3) is 0.933. The largest absolute Gasteiger partial charge is 0.303 e. The molecule has 3 nitrogen and oxygen atoms in total. The summed E-state index contributed by atoms with van der Waals surface area (Å²) in [6.07, 6.45) is 7.40. The number of rotatable bonds is 6. The van der Waals surface area contributed by atoms with Crippen LogP contribution in [0.5, 0.6) is 0 Å². The van der Waals surface area contributed by atoms with Gasteiger partial charge in [-0.05, 0) is 71.5 Å². The molecule has 2 fully saturated rings. The number of nitriles is 1. The lowest BCUT2D eigenvalue weighted by atomic mass is 9.86. The molecule has 2 saturated carbocycles. The van der Waals surface area contributed by atoms with Crippen molar-refractivity contribution in [2.45, 2.75) is 57.0 Å². The van der Waals surface area contributed by atoms with Gasteiger partial charge in [0.15, 0.2) is 0 Å². The molecule has 3 atom stereocenters. The molecule has 18 heavy (non-hydrogen) atoms. The van der Waals surface area contributed by atoms with E-state index in [1.165, 1.54) is 25.7 Å². The molecule has 0 aromatic heterocycles. The van der Waals surface area contributed by atoms with E-state index in [0.717, 1.165) is 31.3 Å². The smallest absolute Gasteiger partial charge is 0.109 e. The maximum atomic E-state index is 9.43. The molecule has 0 aromatic carbocycles. The van der Waals surface area contributed by atoms with Crippen LogP contribution >= 0.6 is 0 Å². The average Bonchev–Trinajstić information content (AvgIpc) is 3.16. The Balaban J connectivity index is 1.83. The van der Waals surface area contributed by atoms with E-state index in [9.17, 15) is 5.26 Å². The Hall–Kier alpha value is -0.590. The van der Waals surface area contributed by atoms with Crippen LogP contribution in [0.4, 0.5) is 0 Å². The maximum absolute atomic E-state index is 9.43. The third kappa shape index (κ3) is 2.70. The molecular formula is C15H27N3. The Bertz CT molecular complexity index is 318. The van der Waals surface area contributed by atoms with E-state index in [-0.39, 0.29) is 5.54 Å². The van der Waals surface area contributed by atoms with Gasteiger partial charge in [-0.25, -0.2) is 0 Å². The molecule has 2 rings (SSSR count). The van der Waals surface area contributed by atoms with Crippen molar-refractivity contribution < 1.29 is 0 Å². The first-order valence-electron chi connectivity index (χ1n) is 7.43. The molecule has 0 heterocycles. The van der Waals surface area contributed by atoms with Crippen LogP contribution in [0.15, 0.2) is 0 Å². The fourth-order valence-electron chi connectivity index (χ4n) is 3.50. The van der Waals surface area contributed by atoms with Crippen molar-refractivity contribution in [2.75, 3.05) is 20.6 Å². The third-order valence-electron chi connectivity index (χ3n) is 5.30. The highest BCUT2D eigenvalue weighted by Gasteiger charge is 2.42. The van der Waals surface area contributed by atoms with E-state index < -0.39 is 0 Å². The molecule has 0 aliphatic heterocycles. The second-order valence-corrected chi connectivity index (χ2v) is 6.27. The first kappa shape index (κ1) is 13.8. The lowest BCUT2D eigenvalue weighted by Crippen LogP contribution is -2.46. The zero-order chi connectivity index (χ0) is 13.2. The minimum absolute atomic E-state index is 0.246. The maximum Gasteiger partial charge on any atom is 0.109 e. The third-order valence-corrected chi connectivity index (χ3v) is 5.30. The van der Waals surface area contributed by atoms with Gasteiger partial charge >= 0.3 is 0 Å². The fourth-order valence-corrected chi connectivity index (χ4v) is 3.50. The van der Waals surface area contributed by atoms with Gasteiger partial charge in [0.25, 0.3) is 0 Å². The van der Waals surface area contributed by atoms with Crippen molar-refractivity contribution in [2.24, 2.45) is 11.8 Å². The molecule has 2 aliphatic carbocycles. The molecule has 0 bridgehead atoms. The van der Waals surface area contributed by atoms with E-state index in [1.807, 2.05) is 7.05 Å². The first-order valence-corrected chi connectivity index (χ1v) is 7.43. The number of hydrogen-bond donors (Lipinski definition) is 1. The van der Waals surface area contributed by atoms with Crippen molar-refractivity contribution in [1.82, 2.24) is 10.2 Å². The van der Waals surface area contributed by atoms with Crippen molar-refractivity contribution in [1.29, 1.82) is 5.26 Å². The predicted octanol–water partition coefficient (Wildman–Crippen LogP) is 2.39. The van der Waals surface area contributed by atoms with Crippen molar-refractivity contribution in [3.63, 3.8) is 0 Å². The zero-order valence-electron chi connectivity index (χ0n) is 12.1. The van der Waals surface area contributed by atoms with Crippen LogP contribution in [0.1, 0.15) is 45.4 Å². The summed E-state index contributed by atoms with van der Waals surface area (Å²) in [4.78, 5) is 2.49. The van der Waals surface area contributed by atoms with Crippen LogP contribution < -0.4 is 5.32 Å². The van der Waals surface area contributed by atoms with E-state index in [0.29, 0.717) is 5.92 Å². The van der Waals surface area contributed by atoms with Gasteiger partial charge < -0.3 is 10.2 Å². The monoisotopic (exact) mass is 249 g/mol. The van der Waals surface area contributed by atoms with Gasteiger partial charge in [0.2, 0.25) is 0 Å². The van der Waals surface area contributed by atoms with Crippen molar-refractivity contribution >= 4 is 0 Å². The summed E-state index contributed by atoms with van der Waals surface area (Å²) in [6, 6.07) is 3.26. The van der Waals surface area contributed by atoms with Gasteiger partial charge in [-0.3, -0.25) is 0 Å². The van der Waals surface area contributed by atoms with E-state index in [1.54, 1.807) is 0 Å². The second-order valence-electron chi connectivity index (χ2n) is 6.27. The summed E-state index contributed by atoms with van der Waals surface area (Å²) < 4.78 is 0. The van der Waals surface area contributed by atoms with Gasteiger partial charge in [0.1, 0.15) is 5.54 Å². The Kier molecular flexibility index (Phi) is 4.29. The van der Waals surface area contributed by atoms with Crippen LogP contribution in [0.25, 0.3) is 0 Å². The lowest BCUT2D eigenvalue weighted by Gasteiger charge is -2.31. The van der Waals surface area contributed by atoms with Gasteiger partial charge in [0, 0.05) is 6.04 Å². The zero-order valence-corrected chi connectivity index (χ0v) is 12.1. The van der Waals surface area contributed by atoms with Crippen LogP contribution in [0.3, 0.4) is 0 Å². The van der Waals surface area contributed by atoms with E-state index in [2.05, 4.69) is 30.3 Å². The molecule has 0 radical (unpaired) electrons. The number of hydrogen-bond acceptors (Lipinski definition) is 3. The summed E-state index contributed by atoms with van der Waals surface area (Å²) in [7, 11) is 4.18. The highest BCUT2D eigenvalue weighted by Crippen LogP contribution is 2.38.